The Hall–Kier alpha value is -1.26. The van der Waals surface area contributed by atoms with Gasteiger partial charge in [-0.25, -0.2) is 4.79 Å². The van der Waals surface area contributed by atoms with Gasteiger partial charge in [-0.05, 0) is 6.42 Å². The third-order valence-electron chi connectivity index (χ3n) is 0.772. The number of carbonyl (C=O) groups is 1. The molecule has 0 aromatic carbocycles. The molecule has 0 saturated carbocycles. The van der Waals surface area contributed by atoms with Crippen LogP contribution in [-0.2, 0) is 0 Å². The average molecular weight is 145 g/mol. The van der Waals surface area contributed by atoms with Gasteiger partial charge in [0.2, 0.25) is 0 Å². The Morgan fingerprint density at radius 2 is 2.40 bits per heavy atom. The molecule has 58 valence electrons. The molecule has 0 bridgehead atoms. The Labute approximate surface area is 58.9 Å². The normalized spacial score (nSPS) is 11.1. The van der Waals surface area contributed by atoms with Crippen molar-refractivity contribution in [1.29, 1.82) is 0 Å². The summed E-state index contributed by atoms with van der Waals surface area (Å²) in [6.07, 6.45) is -0.392. The molecule has 0 aromatic heterocycles. The third kappa shape index (κ3) is 4.89. The van der Waals surface area contributed by atoms with Crippen LogP contribution in [0.25, 0.3) is 0 Å². The van der Waals surface area contributed by atoms with E-state index >= 15 is 0 Å². The fourth-order valence-corrected chi connectivity index (χ4v) is 0.396. The summed E-state index contributed by atoms with van der Waals surface area (Å²) in [5.74, 6) is -0.0469. The maximum absolute atomic E-state index is 9.87. The molecule has 0 rings (SSSR count). The van der Waals surface area contributed by atoms with E-state index in [1.54, 1.807) is 0 Å². The van der Waals surface area contributed by atoms with E-state index in [2.05, 4.69) is 10.3 Å². The predicted molar refractivity (Wildman–Crippen MR) is 37.9 cm³/mol. The molecule has 0 heterocycles. The lowest BCUT2D eigenvalue weighted by Crippen LogP contribution is -2.32. The van der Waals surface area contributed by atoms with Crippen molar-refractivity contribution in [3.05, 3.63) is 0 Å². The number of hydrogen-bond acceptors (Lipinski definition) is 1. The van der Waals surface area contributed by atoms with E-state index in [0.717, 1.165) is 6.42 Å². The summed E-state index contributed by atoms with van der Waals surface area (Å²) in [6.45, 7) is 2.59. The zero-order valence-electron chi connectivity index (χ0n) is 5.79. The highest BCUT2D eigenvalue weighted by molar-refractivity contribution is 5.88. The van der Waals surface area contributed by atoms with E-state index in [-0.39, 0.29) is 5.96 Å². The minimum atomic E-state index is -1.28. The second-order valence-electron chi connectivity index (χ2n) is 1.71. The van der Waals surface area contributed by atoms with Crippen molar-refractivity contribution < 1.29 is 9.90 Å². The summed E-state index contributed by atoms with van der Waals surface area (Å²) >= 11 is 0. The Morgan fingerprint density at radius 3 is 2.80 bits per heavy atom. The Balaban J connectivity index is 3.60. The molecule has 4 N–H and O–H groups in total. The minimum absolute atomic E-state index is 0.0469. The maximum atomic E-state index is 9.87. The topological polar surface area (TPSA) is 87.7 Å². The van der Waals surface area contributed by atoms with E-state index in [9.17, 15) is 4.79 Å². The summed E-state index contributed by atoms with van der Waals surface area (Å²) in [7, 11) is 0. The SMILES string of the molecule is CCCN/C(N)=N/C(=O)O. The third-order valence-corrected chi connectivity index (χ3v) is 0.772. The molecule has 0 aliphatic heterocycles. The fraction of sp³-hybridized carbons (Fsp3) is 0.600. The Bertz CT molecular complexity index is 144. The number of rotatable bonds is 2. The number of hydrogen-bond donors (Lipinski definition) is 3. The Morgan fingerprint density at radius 1 is 1.80 bits per heavy atom. The van der Waals surface area contributed by atoms with Gasteiger partial charge in [0.05, 0.1) is 0 Å². The van der Waals surface area contributed by atoms with E-state index in [1.165, 1.54) is 0 Å². The molecule has 10 heavy (non-hydrogen) atoms. The quantitative estimate of drug-likeness (QED) is 0.376. The maximum Gasteiger partial charge on any atom is 0.434 e. The number of aliphatic imine (C=N–C) groups is 1. The molecule has 0 saturated heterocycles. The lowest BCUT2D eigenvalue weighted by molar-refractivity contribution is 0.205. The first-order valence-electron chi connectivity index (χ1n) is 2.97. The molecular weight excluding hydrogens is 134 g/mol. The second kappa shape index (κ2) is 4.60. The molecular formula is C5H11N3O2. The smallest absolute Gasteiger partial charge is 0.434 e. The van der Waals surface area contributed by atoms with Gasteiger partial charge in [-0.2, -0.15) is 0 Å². The van der Waals surface area contributed by atoms with Crippen LogP contribution in [0.4, 0.5) is 4.79 Å². The lowest BCUT2D eigenvalue weighted by Gasteiger charge is -1.99. The number of nitrogens with two attached hydrogens (primary N) is 1. The molecule has 5 heteroatoms. The van der Waals surface area contributed by atoms with Crippen molar-refractivity contribution in [1.82, 2.24) is 5.32 Å². The first-order valence-corrected chi connectivity index (χ1v) is 2.97. The number of carboxylic acid groups (broad SMARTS) is 1. The number of amides is 1. The van der Waals surface area contributed by atoms with Crippen molar-refractivity contribution in [2.75, 3.05) is 6.54 Å². The predicted octanol–water partition coefficient (Wildman–Crippen LogP) is -0.0213. The highest BCUT2D eigenvalue weighted by Gasteiger charge is 1.92. The van der Waals surface area contributed by atoms with Gasteiger partial charge in [0.1, 0.15) is 0 Å². The van der Waals surface area contributed by atoms with Crippen LogP contribution >= 0.6 is 0 Å². The molecule has 0 aliphatic rings. The lowest BCUT2D eigenvalue weighted by atomic mass is 10.5. The van der Waals surface area contributed by atoms with Crippen LogP contribution < -0.4 is 11.1 Å². The molecule has 0 aliphatic carbocycles. The number of guanidine groups is 1. The van der Waals surface area contributed by atoms with Gasteiger partial charge in [-0.3, -0.25) is 0 Å². The van der Waals surface area contributed by atoms with E-state index in [4.69, 9.17) is 10.8 Å². The highest BCUT2D eigenvalue weighted by Crippen LogP contribution is 1.72. The van der Waals surface area contributed by atoms with Crippen LogP contribution in [0.2, 0.25) is 0 Å². The molecule has 5 nitrogen and oxygen atoms in total. The van der Waals surface area contributed by atoms with Crippen LogP contribution in [0.15, 0.2) is 4.99 Å². The molecule has 0 spiro atoms. The van der Waals surface area contributed by atoms with Crippen LogP contribution in [-0.4, -0.2) is 23.7 Å². The van der Waals surface area contributed by atoms with Crippen molar-refractivity contribution in [3.63, 3.8) is 0 Å². The summed E-state index contributed by atoms with van der Waals surface area (Å²) in [6, 6.07) is 0. The summed E-state index contributed by atoms with van der Waals surface area (Å²) in [4.78, 5) is 12.9. The van der Waals surface area contributed by atoms with E-state index < -0.39 is 6.09 Å². The van der Waals surface area contributed by atoms with Gasteiger partial charge in [-0.15, -0.1) is 4.99 Å². The van der Waals surface area contributed by atoms with Gasteiger partial charge in [0.25, 0.3) is 0 Å². The largest absolute Gasteiger partial charge is 0.463 e. The standard InChI is InChI=1S/C5H11N3O2/c1-2-3-7-4(6)8-5(9)10/h2-3H2,1H3,(H,9,10)(H3,6,7,8). The van der Waals surface area contributed by atoms with Crippen LogP contribution in [0.5, 0.6) is 0 Å². The van der Waals surface area contributed by atoms with Gasteiger partial charge >= 0.3 is 6.09 Å². The molecule has 0 fully saturated rings. The fourth-order valence-electron chi connectivity index (χ4n) is 0.396. The highest BCUT2D eigenvalue weighted by atomic mass is 16.4. The summed E-state index contributed by atoms with van der Waals surface area (Å²) in [5, 5.41) is 10.7. The number of nitrogens with one attached hydrogen (secondary N) is 1. The molecule has 1 amide bonds. The molecule has 0 atom stereocenters. The van der Waals surface area contributed by atoms with Crippen molar-refractivity contribution in [2.45, 2.75) is 13.3 Å². The van der Waals surface area contributed by atoms with E-state index in [1.807, 2.05) is 6.92 Å². The van der Waals surface area contributed by atoms with E-state index in [0.29, 0.717) is 6.54 Å². The summed E-state index contributed by atoms with van der Waals surface area (Å²) in [5.41, 5.74) is 5.12. The van der Waals surface area contributed by atoms with Crippen LogP contribution in [0, 0.1) is 0 Å². The van der Waals surface area contributed by atoms with Gasteiger partial charge in [0, 0.05) is 6.54 Å². The van der Waals surface area contributed by atoms with Crippen LogP contribution in [0.3, 0.4) is 0 Å². The molecule has 0 aromatic rings. The van der Waals surface area contributed by atoms with Gasteiger partial charge < -0.3 is 16.2 Å². The van der Waals surface area contributed by atoms with Gasteiger partial charge in [-0.1, -0.05) is 6.92 Å². The van der Waals surface area contributed by atoms with Crippen LogP contribution in [0.1, 0.15) is 13.3 Å². The zero-order chi connectivity index (χ0) is 7.98. The summed E-state index contributed by atoms with van der Waals surface area (Å²) < 4.78 is 0. The first kappa shape index (κ1) is 8.74. The first-order chi connectivity index (χ1) is 4.66. The monoisotopic (exact) mass is 145 g/mol. The van der Waals surface area contributed by atoms with Crippen molar-refractivity contribution >= 4 is 12.1 Å². The van der Waals surface area contributed by atoms with Gasteiger partial charge in [0.15, 0.2) is 5.96 Å². The second-order valence-corrected chi connectivity index (χ2v) is 1.71. The zero-order valence-corrected chi connectivity index (χ0v) is 5.79. The Kier molecular flexibility index (Phi) is 4.02. The van der Waals surface area contributed by atoms with Crippen molar-refractivity contribution in [2.24, 2.45) is 10.7 Å². The van der Waals surface area contributed by atoms with Crippen molar-refractivity contribution in [3.8, 4) is 0 Å². The average Bonchev–Trinajstić information content (AvgIpc) is 1.82. The number of nitrogens with zero attached hydrogens (tertiary/aromatic N) is 1. The minimum Gasteiger partial charge on any atom is -0.463 e. The molecule has 0 radical (unpaired) electrons. The molecule has 0 unspecified atom stereocenters.